The fourth-order valence-electron chi connectivity index (χ4n) is 9.51. The largest absolute Gasteiger partial charge is 0.494 e. The predicted molar refractivity (Wildman–Crippen MR) is 360 cm³/mol. The van der Waals surface area contributed by atoms with Crippen molar-refractivity contribution in [3.63, 3.8) is 0 Å². The SMILES string of the molecule is C=CC(=O)OCCCCCCOc1ccc(C(=O)Oc2ccc(-c3ccc(CCCCC)cc3)cc2/C=N/N=C/c2ccc(/C=N/N=C/c3cc(-c4ccc(CCCCC)cc4F)ccc3OC(=O)c3ccc(OCCCCCCOC(=O)C=C)cc3)cc2)cc1. The summed E-state index contributed by atoms with van der Waals surface area (Å²) in [5, 5.41) is 17.3. The van der Waals surface area contributed by atoms with Gasteiger partial charge < -0.3 is 28.4 Å². The van der Waals surface area contributed by atoms with Gasteiger partial charge in [-0.1, -0.05) is 125 Å². The molecule has 7 aromatic rings. The molecule has 0 bridgehead atoms. The minimum Gasteiger partial charge on any atom is -0.494 e. The van der Waals surface area contributed by atoms with Crippen LogP contribution in [0.25, 0.3) is 22.3 Å². The molecule has 0 heterocycles. The van der Waals surface area contributed by atoms with Crippen molar-refractivity contribution in [3.05, 3.63) is 227 Å². The van der Waals surface area contributed by atoms with Crippen LogP contribution in [0, 0.1) is 5.82 Å². The lowest BCUT2D eigenvalue weighted by Gasteiger charge is -2.12. The van der Waals surface area contributed by atoms with Gasteiger partial charge in [-0.2, -0.15) is 20.4 Å². The van der Waals surface area contributed by atoms with Gasteiger partial charge in [0.05, 0.1) is 62.4 Å². The lowest BCUT2D eigenvalue weighted by Crippen LogP contribution is -2.10. The normalized spacial score (nSPS) is 11.3. The van der Waals surface area contributed by atoms with Gasteiger partial charge in [0.2, 0.25) is 0 Å². The van der Waals surface area contributed by atoms with Crippen LogP contribution in [0.1, 0.15) is 158 Å². The molecule has 0 saturated heterocycles. The number of esters is 4. The molecule has 0 radical (unpaired) electrons. The second-order valence-corrected chi connectivity index (χ2v) is 21.7. The highest BCUT2D eigenvalue weighted by atomic mass is 19.1. The van der Waals surface area contributed by atoms with E-state index in [1.54, 1.807) is 104 Å². The summed E-state index contributed by atoms with van der Waals surface area (Å²) >= 11 is 0. The Morgan fingerprint density at radius 3 is 1.30 bits per heavy atom. The molecule has 0 aliphatic rings. The zero-order chi connectivity index (χ0) is 64.3. The van der Waals surface area contributed by atoms with Gasteiger partial charge in [-0.25, -0.2) is 23.6 Å². The summed E-state index contributed by atoms with van der Waals surface area (Å²) in [6.07, 6.45) is 23.8. The minimum absolute atomic E-state index is 0.208. The Bertz CT molecular complexity index is 3600. The number of unbranched alkanes of at least 4 members (excludes halogenated alkanes) is 10. The molecule has 0 aliphatic carbocycles. The van der Waals surface area contributed by atoms with E-state index in [1.165, 1.54) is 18.2 Å². The maximum absolute atomic E-state index is 15.7. The topological polar surface area (TPSA) is 173 Å². The fraction of sp³-hybridized carbons (Fsp3) is 0.289. The quantitative estimate of drug-likeness (QED) is 0.00905. The van der Waals surface area contributed by atoms with Gasteiger partial charge in [-0.05, 0) is 195 Å². The van der Waals surface area contributed by atoms with Crippen LogP contribution >= 0.6 is 0 Å². The Morgan fingerprint density at radius 1 is 0.418 bits per heavy atom. The molecule has 0 atom stereocenters. The molecule has 0 saturated carbocycles. The molecule has 7 aromatic carbocycles. The zero-order valence-corrected chi connectivity index (χ0v) is 52.2. The second-order valence-electron chi connectivity index (χ2n) is 21.7. The van der Waals surface area contributed by atoms with E-state index in [4.69, 9.17) is 28.4 Å². The van der Waals surface area contributed by atoms with E-state index in [9.17, 15) is 19.2 Å². The average molecular weight is 1230 g/mol. The summed E-state index contributed by atoms with van der Waals surface area (Å²) in [6, 6.07) is 45.4. The van der Waals surface area contributed by atoms with Gasteiger partial charge >= 0.3 is 23.9 Å². The summed E-state index contributed by atoms with van der Waals surface area (Å²) in [7, 11) is 0. The lowest BCUT2D eigenvalue weighted by molar-refractivity contribution is -0.138. The van der Waals surface area contributed by atoms with Gasteiger partial charge in [-0.15, -0.1) is 0 Å². The van der Waals surface area contributed by atoms with E-state index in [2.05, 4.69) is 71.7 Å². The van der Waals surface area contributed by atoms with E-state index < -0.39 is 23.9 Å². The number of hydrogen-bond donors (Lipinski definition) is 0. The third kappa shape index (κ3) is 23.9. The molecule has 0 spiro atoms. The monoisotopic (exact) mass is 1230 g/mol. The molecule has 0 unspecified atom stereocenters. The van der Waals surface area contributed by atoms with Gasteiger partial charge in [0.25, 0.3) is 0 Å². The molecule has 15 heteroatoms. The molecular weight excluding hydrogens is 1150 g/mol. The van der Waals surface area contributed by atoms with Crippen molar-refractivity contribution in [2.45, 2.75) is 117 Å². The van der Waals surface area contributed by atoms with Crippen molar-refractivity contribution < 1.29 is 52.0 Å². The Balaban J connectivity index is 0.994. The number of hydrogen-bond acceptors (Lipinski definition) is 14. The van der Waals surface area contributed by atoms with Crippen LogP contribution in [-0.4, -0.2) is 75.2 Å². The molecule has 0 aromatic heterocycles. The molecular formula is C76H81FN4O10. The van der Waals surface area contributed by atoms with E-state index in [-0.39, 0.29) is 11.6 Å². The summed E-state index contributed by atoms with van der Waals surface area (Å²) in [4.78, 5) is 49.6. The van der Waals surface area contributed by atoms with Crippen LogP contribution < -0.4 is 18.9 Å². The first kappa shape index (κ1) is 68.6. The van der Waals surface area contributed by atoms with Gasteiger partial charge in [0, 0.05) is 28.8 Å². The van der Waals surface area contributed by atoms with Crippen LogP contribution in [0.15, 0.2) is 197 Å². The van der Waals surface area contributed by atoms with Crippen molar-refractivity contribution >= 4 is 48.7 Å². The van der Waals surface area contributed by atoms with Crippen molar-refractivity contribution in [1.82, 2.24) is 0 Å². The van der Waals surface area contributed by atoms with Crippen molar-refractivity contribution in [3.8, 4) is 45.3 Å². The number of halogens is 1. The Hall–Kier alpha value is -9.89. The van der Waals surface area contributed by atoms with Crippen LogP contribution in [-0.2, 0) is 31.9 Å². The van der Waals surface area contributed by atoms with Crippen LogP contribution in [0.5, 0.6) is 23.0 Å². The van der Waals surface area contributed by atoms with Crippen molar-refractivity contribution in [1.29, 1.82) is 0 Å². The molecule has 0 aliphatic heterocycles. The standard InChI is InChI=1S/C76H81FN4O10/c1-5-9-15-21-56-27-30-60(31-28-56)63-36-43-71(90-75(84)61-32-38-67(39-33-61)86-45-17-11-13-19-47-88-73(82)7-3)65(50-63)54-80-78-52-58-23-25-59(26-24-58)53-79-81-55-66-51-64(69-42-29-57(49-70(69)77)22-16-10-6-2)37-44-72(66)91-76(85)62-34-40-68(41-35-62)87-46-18-12-14-20-48-89-74(83)8-4/h7-8,23-44,49-55H,3-6,9-22,45-48H2,1-2H3/b78-52+,79-53+,80-54+,81-55+. The van der Waals surface area contributed by atoms with Gasteiger partial charge in [0.1, 0.15) is 28.8 Å². The smallest absolute Gasteiger partial charge is 0.343 e. The number of carbonyl (C=O) groups excluding carboxylic acids is 4. The summed E-state index contributed by atoms with van der Waals surface area (Å²) in [5.41, 5.74) is 8.23. The molecule has 0 amide bonds. The second kappa shape index (κ2) is 38.5. The van der Waals surface area contributed by atoms with Gasteiger partial charge in [0.15, 0.2) is 0 Å². The van der Waals surface area contributed by atoms with E-state index in [0.29, 0.717) is 77.1 Å². The molecule has 7 rings (SSSR count). The number of nitrogens with zero attached hydrogens (tertiary/aromatic N) is 4. The van der Waals surface area contributed by atoms with Crippen molar-refractivity contribution in [2.24, 2.45) is 20.4 Å². The number of carbonyl (C=O) groups is 4. The van der Waals surface area contributed by atoms with Crippen LogP contribution in [0.2, 0.25) is 0 Å². The number of aryl methyl sites for hydroxylation is 2. The number of rotatable bonds is 38. The maximum Gasteiger partial charge on any atom is 0.343 e. The third-order valence-electron chi connectivity index (χ3n) is 14.7. The Labute approximate surface area is 534 Å². The van der Waals surface area contributed by atoms with Gasteiger partial charge in [-0.3, -0.25) is 0 Å². The summed E-state index contributed by atoms with van der Waals surface area (Å²) < 4.78 is 49.4. The predicted octanol–water partition coefficient (Wildman–Crippen LogP) is 17.3. The fourth-order valence-corrected chi connectivity index (χ4v) is 9.51. The molecule has 0 fully saturated rings. The summed E-state index contributed by atoms with van der Waals surface area (Å²) in [6.45, 7) is 12.9. The van der Waals surface area contributed by atoms with Crippen LogP contribution in [0.3, 0.4) is 0 Å². The highest BCUT2D eigenvalue weighted by Gasteiger charge is 2.17. The number of ether oxygens (including phenoxy) is 6. The van der Waals surface area contributed by atoms with E-state index in [0.717, 1.165) is 136 Å². The average Bonchev–Trinajstić information content (AvgIpc) is 1.01. The van der Waals surface area contributed by atoms with E-state index in [1.807, 2.05) is 42.5 Å². The zero-order valence-electron chi connectivity index (χ0n) is 52.2. The van der Waals surface area contributed by atoms with E-state index >= 15 is 4.39 Å². The molecule has 14 nitrogen and oxygen atoms in total. The molecule has 0 N–H and O–H groups in total. The first-order chi connectivity index (χ1) is 44.5. The maximum atomic E-state index is 15.7. The first-order valence-electron chi connectivity index (χ1n) is 31.4. The minimum atomic E-state index is -0.602. The Morgan fingerprint density at radius 2 is 0.835 bits per heavy atom. The molecule has 91 heavy (non-hydrogen) atoms. The summed E-state index contributed by atoms with van der Waals surface area (Å²) in [5.74, 6) is -0.569. The lowest BCUT2D eigenvalue weighted by atomic mass is 9.99. The highest BCUT2D eigenvalue weighted by Crippen LogP contribution is 2.31. The third-order valence-corrected chi connectivity index (χ3v) is 14.7. The van der Waals surface area contributed by atoms with Crippen LogP contribution in [0.4, 0.5) is 4.39 Å². The highest BCUT2D eigenvalue weighted by molar-refractivity contribution is 5.96. The number of benzene rings is 7. The Kier molecular flexibility index (Phi) is 29.0. The van der Waals surface area contributed by atoms with Crippen molar-refractivity contribution in [2.75, 3.05) is 26.4 Å². The first-order valence-corrected chi connectivity index (χ1v) is 31.4. The molecule has 472 valence electrons.